The fraction of sp³-hybridized carbons (Fsp3) is 0.222. The van der Waals surface area contributed by atoms with Crippen LogP contribution >= 0.6 is 23.2 Å². The fourth-order valence-electron chi connectivity index (χ4n) is 4.23. The van der Waals surface area contributed by atoms with Crippen LogP contribution in [0.1, 0.15) is 27.0 Å². The van der Waals surface area contributed by atoms with Crippen LogP contribution < -0.4 is 18.9 Å². The van der Waals surface area contributed by atoms with E-state index in [1.165, 1.54) is 0 Å². The second-order valence-corrected chi connectivity index (χ2v) is 9.12. The lowest BCUT2D eigenvalue weighted by atomic mass is 10.0. The fourth-order valence-corrected chi connectivity index (χ4v) is 4.73. The number of halogens is 2. The Balaban J connectivity index is 1.37. The number of fused-ring (bicyclic) bond motifs is 3. The van der Waals surface area contributed by atoms with Crippen LogP contribution in [-0.4, -0.2) is 38.2 Å². The summed E-state index contributed by atoms with van der Waals surface area (Å²) in [5.74, 6) is 2.58. The van der Waals surface area contributed by atoms with E-state index in [9.17, 15) is 4.79 Å². The summed E-state index contributed by atoms with van der Waals surface area (Å²) in [6.07, 6.45) is 2.43. The van der Waals surface area contributed by atoms with E-state index in [4.69, 9.17) is 42.1 Å². The number of hydrogen-bond donors (Lipinski definition) is 0. The van der Waals surface area contributed by atoms with Gasteiger partial charge in [-0.2, -0.15) is 0 Å². The molecule has 0 atom stereocenters. The van der Waals surface area contributed by atoms with Crippen molar-refractivity contribution in [2.75, 3.05) is 27.5 Å². The Kier molecular flexibility index (Phi) is 6.60. The van der Waals surface area contributed by atoms with Gasteiger partial charge in [-0.05, 0) is 54.5 Å². The lowest BCUT2D eigenvalue weighted by Crippen LogP contribution is -2.33. The molecule has 2 heterocycles. The summed E-state index contributed by atoms with van der Waals surface area (Å²) in [7, 11) is 3.16. The number of hydrogen-bond acceptors (Lipinski definition) is 6. The lowest BCUT2D eigenvalue weighted by Gasteiger charge is -2.29. The quantitative estimate of drug-likeness (QED) is 0.377. The topological polar surface area (TPSA) is 57.2 Å². The molecule has 3 aromatic rings. The van der Waals surface area contributed by atoms with Crippen molar-refractivity contribution in [3.8, 4) is 23.0 Å². The Hall–Kier alpha value is -3.19. The van der Waals surface area contributed by atoms with Gasteiger partial charge in [0.05, 0.1) is 25.3 Å². The summed E-state index contributed by atoms with van der Waals surface area (Å²) in [5, 5.41) is 1.26. The highest BCUT2D eigenvalue weighted by molar-refractivity contribution is 6.35. The smallest absolute Gasteiger partial charge is 0.231 e. The Morgan fingerprint density at radius 2 is 1.91 bits per heavy atom. The van der Waals surface area contributed by atoms with Crippen molar-refractivity contribution in [1.82, 2.24) is 4.90 Å². The molecule has 2 aliphatic rings. The number of ketones is 1. The molecule has 0 unspecified atom stereocenters. The van der Waals surface area contributed by atoms with Gasteiger partial charge in [0.2, 0.25) is 5.78 Å². The van der Waals surface area contributed by atoms with Gasteiger partial charge in [0, 0.05) is 34.8 Å². The van der Waals surface area contributed by atoms with Crippen LogP contribution in [0.5, 0.6) is 23.0 Å². The number of nitrogens with zero attached hydrogens (tertiary/aromatic N) is 1. The molecular formula is C27H23Cl2NO5. The van der Waals surface area contributed by atoms with E-state index in [1.54, 1.807) is 38.5 Å². The number of allylic oxidation sites excluding steroid dienone is 1. The molecular weight excluding hydrogens is 489 g/mol. The van der Waals surface area contributed by atoms with Crippen molar-refractivity contribution in [1.29, 1.82) is 0 Å². The van der Waals surface area contributed by atoms with Crippen molar-refractivity contribution in [2.24, 2.45) is 0 Å². The van der Waals surface area contributed by atoms with Crippen molar-refractivity contribution in [2.45, 2.75) is 13.0 Å². The zero-order valence-corrected chi connectivity index (χ0v) is 20.8. The summed E-state index contributed by atoms with van der Waals surface area (Å²) in [6.45, 7) is 1.76. The van der Waals surface area contributed by atoms with Gasteiger partial charge in [-0.1, -0.05) is 29.3 Å². The molecule has 0 saturated carbocycles. The van der Waals surface area contributed by atoms with Crippen LogP contribution in [0.3, 0.4) is 0 Å². The number of carbonyl (C=O) groups is 1. The molecule has 5 rings (SSSR count). The van der Waals surface area contributed by atoms with Crippen molar-refractivity contribution in [3.05, 3.63) is 86.6 Å². The largest absolute Gasteiger partial charge is 0.497 e. The zero-order chi connectivity index (χ0) is 24.5. The molecule has 0 N–H and O–H groups in total. The molecule has 35 heavy (non-hydrogen) atoms. The van der Waals surface area contributed by atoms with Crippen LogP contribution in [0.15, 0.2) is 54.3 Å². The molecule has 0 aliphatic carbocycles. The first-order valence-corrected chi connectivity index (χ1v) is 11.8. The molecule has 3 aromatic carbocycles. The molecule has 0 aromatic heterocycles. The Morgan fingerprint density at radius 3 is 2.69 bits per heavy atom. The van der Waals surface area contributed by atoms with Crippen LogP contribution in [0.2, 0.25) is 10.0 Å². The third-order valence-electron chi connectivity index (χ3n) is 6.12. The van der Waals surface area contributed by atoms with Crippen molar-refractivity contribution < 1.29 is 23.7 Å². The normalized spacial score (nSPS) is 15.9. The van der Waals surface area contributed by atoms with Gasteiger partial charge in [0.1, 0.15) is 29.7 Å². The number of Topliss-reactive ketones (excluding diaryl/α,β-unsaturated/α-hetero) is 1. The molecule has 0 spiro atoms. The number of methoxy groups -OCH3 is 2. The predicted molar refractivity (Wildman–Crippen MR) is 135 cm³/mol. The van der Waals surface area contributed by atoms with Gasteiger partial charge in [-0.15, -0.1) is 0 Å². The average Bonchev–Trinajstić information content (AvgIpc) is 3.19. The van der Waals surface area contributed by atoms with E-state index in [2.05, 4.69) is 4.90 Å². The minimum atomic E-state index is -0.175. The standard InChI is InChI=1S/C27H23Cl2NO5/c1-32-19-6-4-17(24(13-19)33-2)11-25-26(31)20-7-8-23-21(27(20)35-25)14-30(15-34-23)10-9-16-3-5-18(28)12-22(16)29/h3-8,11-13H,9-10,14-15H2,1-2H3/b25-11-. The molecule has 0 fully saturated rings. The third kappa shape index (κ3) is 4.69. The molecule has 0 radical (unpaired) electrons. The molecule has 0 bridgehead atoms. The maximum absolute atomic E-state index is 13.1. The van der Waals surface area contributed by atoms with E-state index < -0.39 is 0 Å². The maximum Gasteiger partial charge on any atom is 0.231 e. The Morgan fingerprint density at radius 1 is 1.06 bits per heavy atom. The number of benzene rings is 3. The highest BCUT2D eigenvalue weighted by Crippen LogP contribution is 2.42. The maximum atomic E-state index is 13.1. The highest BCUT2D eigenvalue weighted by atomic mass is 35.5. The minimum Gasteiger partial charge on any atom is -0.497 e. The second kappa shape index (κ2) is 9.82. The van der Waals surface area contributed by atoms with Gasteiger partial charge in [0.15, 0.2) is 5.76 Å². The van der Waals surface area contributed by atoms with Gasteiger partial charge in [0.25, 0.3) is 0 Å². The van der Waals surface area contributed by atoms with Gasteiger partial charge >= 0.3 is 0 Å². The SMILES string of the molecule is COc1ccc(/C=C2\Oc3c(ccc4c3CN(CCc3ccc(Cl)cc3Cl)CO4)C2=O)c(OC)c1. The van der Waals surface area contributed by atoms with Gasteiger partial charge in [-0.25, -0.2) is 0 Å². The number of ether oxygens (including phenoxy) is 4. The monoisotopic (exact) mass is 511 g/mol. The summed E-state index contributed by atoms with van der Waals surface area (Å²) in [5.41, 5.74) is 3.12. The van der Waals surface area contributed by atoms with Crippen LogP contribution in [0, 0.1) is 0 Å². The first-order chi connectivity index (χ1) is 17.0. The molecule has 180 valence electrons. The molecule has 6 nitrogen and oxygen atoms in total. The van der Waals surface area contributed by atoms with E-state index in [-0.39, 0.29) is 11.5 Å². The average molecular weight is 512 g/mol. The summed E-state index contributed by atoms with van der Waals surface area (Å²) in [4.78, 5) is 15.3. The van der Waals surface area contributed by atoms with Crippen molar-refractivity contribution in [3.63, 3.8) is 0 Å². The minimum absolute atomic E-state index is 0.175. The zero-order valence-electron chi connectivity index (χ0n) is 19.3. The van der Waals surface area contributed by atoms with Gasteiger partial charge in [-0.3, -0.25) is 9.69 Å². The molecule has 2 aliphatic heterocycles. The van der Waals surface area contributed by atoms with Crippen molar-refractivity contribution >= 4 is 35.1 Å². The van der Waals surface area contributed by atoms with Crippen LogP contribution in [0.25, 0.3) is 6.08 Å². The molecule has 0 saturated heterocycles. The van der Waals surface area contributed by atoms with Crippen LogP contribution in [-0.2, 0) is 13.0 Å². The predicted octanol–water partition coefficient (Wildman–Crippen LogP) is 6.02. The van der Waals surface area contributed by atoms with Gasteiger partial charge < -0.3 is 18.9 Å². The van der Waals surface area contributed by atoms with E-state index in [1.807, 2.05) is 30.3 Å². The second-order valence-electron chi connectivity index (χ2n) is 8.28. The number of carbonyl (C=O) groups excluding carboxylic acids is 1. The highest BCUT2D eigenvalue weighted by Gasteiger charge is 2.33. The third-order valence-corrected chi connectivity index (χ3v) is 6.71. The molecule has 8 heteroatoms. The van der Waals surface area contributed by atoms with E-state index in [0.717, 1.165) is 35.4 Å². The Bertz CT molecular complexity index is 1340. The first kappa shape index (κ1) is 23.5. The van der Waals surface area contributed by atoms with E-state index >= 15 is 0 Å². The summed E-state index contributed by atoms with van der Waals surface area (Å²) in [6, 6.07) is 14.5. The first-order valence-electron chi connectivity index (χ1n) is 11.1. The number of rotatable bonds is 6. The summed E-state index contributed by atoms with van der Waals surface area (Å²) >= 11 is 12.3. The Labute approximate surface area is 213 Å². The van der Waals surface area contributed by atoms with Crippen LogP contribution in [0.4, 0.5) is 0 Å². The molecule has 0 amide bonds. The van der Waals surface area contributed by atoms with E-state index in [0.29, 0.717) is 46.1 Å². The lowest BCUT2D eigenvalue weighted by molar-refractivity contribution is 0.0950. The summed E-state index contributed by atoms with van der Waals surface area (Å²) < 4.78 is 22.8.